The molecule has 1 aliphatic rings. The van der Waals surface area contributed by atoms with Crippen LogP contribution in [0.4, 0.5) is 28.9 Å². The van der Waals surface area contributed by atoms with Crippen LogP contribution in [0.2, 0.25) is 0 Å². The summed E-state index contributed by atoms with van der Waals surface area (Å²) in [4.78, 5) is 27.7. The van der Waals surface area contributed by atoms with Crippen LogP contribution in [0.15, 0.2) is 65.6 Å². The molecule has 8 nitrogen and oxygen atoms in total. The number of anilines is 2. The third-order valence-corrected chi connectivity index (χ3v) is 9.30. The monoisotopic (exact) mass is 674 g/mol. The minimum atomic E-state index is -4.58. The van der Waals surface area contributed by atoms with Crippen molar-refractivity contribution in [2.75, 3.05) is 29.9 Å². The molecule has 252 valence electrons. The predicted octanol–water partition coefficient (Wildman–Crippen LogP) is 8.06. The summed E-state index contributed by atoms with van der Waals surface area (Å²) >= 11 is 1.66. The van der Waals surface area contributed by atoms with E-state index in [0.717, 1.165) is 51.9 Å². The number of nitrogens with zero attached hydrogens (tertiary/aromatic N) is 3. The molecule has 0 bridgehead atoms. The van der Waals surface area contributed by atoms with Gasteiger partial charge in [-0.2, -0.15) is 13.2 Å². The van der Waals surface area contributed by atoms with Gasteiger partial charge < -0.3 is 24.0 Å². The molecule has 1 unspecified atom stereocenters. The molecular formula is C34H38F4N4O4S. The van der Waals surface area contributed by atoms with Crippen molar-refractivity contribution >= 4 is 46.7 Å². The van der Waals surface area contributed by atoms with Gasteiger partial charge in [-0.05, 0) is 111 Å². The first-order chi connectivity index (χ1) is 22.3. The molecule has 4 aromatic rings. The van der Waals surface area contributed by atoms with Gasteiger partial charge in [-0.25, -0.2) is 9.37 Å². The minimum Gasteiger partial charge on any atom is -0.481 e. The fraction of sp³-hybridized carbons (Fsp3) is 0.382. The Labute approximate surface area is 275 Å². The lowest BCUT2D eigenvalue weighted by molar-refractivity contribution is -0.144. The highest BCUT2D eigenvalue weighted by Gasteiger charge is 2.36. The molecule has 1 saturated carbocycles. The Morgan fingerprint density at radius 1 is 1.15 bits per heavy atom. The molecule has 0 saturated heterocycles. The van der Waals surface area contributed by atoms with Gasteiger partial charge >= 0.3 is 12.1 Å². The molecule has 1 amide bonds. The zero-order valence-corrected chi connectivity index (χ0v) is 27.4. The number of imidazole rings is 1. The van der Waals surface area contributed by atoms with Gasteiger partial charge in [-0.15, -0.1) is 0 Å². The van der Waals surface area contributed by atoms with Gasteiger partial charge in [-0.3, -0.25) is 9.59 Å². The van der Waals surface area contributed by atoms with Crippen molar-refractivity contribution in [3.05, 3.63) is 83.4 Å². The Bertz CT molecular complexity index is 1680. The number of aliphatic carboxylic acids is 1. The van der Waals surface area contributed by atoms with E-state index in [4.69, 9.17) is 4.74 Å². The summed E-state index contributed by atoms with van der Waals surface area (Å²) in [7, 11) is 4.08. The number of aryl methyl sites for hydroxylation is 2. The summed E-state index contributed by atoms with van der Waals surface area (Å²) in [6, 6.07) is 16.6. The molecule has 5 rings (SSSR count). The predicted molar refractivity (Wildman–Crippen MR) is 175 cm³/mol. The Kier molecular flexibility index (Phi) is 11.9. The van der Waals surface area contributed by atoms with E-state index in [1.54, 1.807) is 11.9 Å². The van der Waals surface area contributed by atoms with Crippen LogP contribution < -0.4 is 9.62 Å². The van der Waals surface area contributed by atoms with E-state index in [0.29, 0.717) is 37.7 Å². The summed E-state index contributed by atoms with van der Waals surface area (Å²) in [6.07, 6.45) is -1.80. The first kappa shape index (κ1) is 35.7. The van der Waals surface area contributed by atoms with Gasteiger partial charge in [0.05, 0.1) is 28.2 Å². The van der Waals surface area contributed by atoms with E-state index in [2.05, 4.69) is 56.3 Å². The molecule has 1 aromatic heterocycles. The quantitative estimate of drug-likeness (QED) is 0.0998. The highest BCUT2D eigenvalue weighted by atomic mass is 32.2. The Balaban J connectivity index is 0.000000300. The van der Waals surface area contributed by atoms with Crippen LogP contribution in [-0.2, 0) is 27.5 Å². The molecule has 0 aliphatic heterocycles. The fourth-order valence-corrected chi connectivity index (χ4v) is 6.57. The van der Waals surface area contributed by atoms with Gasteiger partial charge in [0.15, 0.2) is 0 Å². The number of ether oxygens (including phenoxy) is 1. The lowest BCUT2D eigenvalue weighted by Gasteiger charge is -2.34. The second kappa shape index (κ2) is 15.7. The number of alkyl halides is 3. The second-order valence-electron chi connectivity index (χ2n) is 11.4. The number of rotatable bonds is 10. The number of amides is 1. The number of aromatic nitrogens is 2. The van der Waals surface area contributed by atoms with E-state index in [-0.39, 0.29) is 23.9 Å². The Morgan fingerprint density at radius 2 is 1.87 bits per heavy atom. The topological polar surface area (TPSA) is 96.7 Å². The molecule has 1 fully saturated rings. The van der Waals surface area contributed by atoms with Crippen LogP contribution >= 0.6 is 11.9 Å². The summed E-state index contributed by atoms with van der Waals surface area (Å²) in [5, 5.41) is 11.8. The van der Waals surface area contributed by atoms with Crippen LogP contribution in [0, 0.1) is 24.6 Å². The highest BCUT2D eigenvalue weighted by molar-refractivity contribution is 8.00. The molecule has 47 heavy (non-hydrogen) atoms. The highest BCUT2D eigenvalue weighted by Crippen LogP contribution is 2.41. The fourth-order valence-electron chi connectivity index (χ4n) is 5.74. The molecule has 1 aliphatic carbocycles. The zero-order chi connectivity index (χ0) is 34.3. The van der Waals surface area contributed by atoms with Crippen molar-refractivity contribution in [3.8, 4) is 0 Å². The summed E-state index contributed by atoms with van der Waals surface area (Å²) in [5.41, 5.74) is 2.96. The first-order valence-corrected chi connectivity index (χ1v) is 15.9. The maximum atomic E-state index is 12.8. The molecule has 1 heterocycles. The molecule has 2 N–H and O–H groups in total. The van der Waals surface area contributed by atoms with Crippen molar-refractivity contribution in [2.24, 2.45) is 18.9 Å². The number of carbonyl (C=O) groups is 2. The standard InChI is InChI=1S/C26H33N3O3S.C8H5F4NO/c1-5-32-16-18-6-12-22(23(14-18)26(30)31)19-7-9-20(10-8-19)29(4)33-21-11-13-25-24(15-21)27-17(2)28(25)3;9-6-3-5(8(10,11)12)1-2-7(6)13-4-14/h7-11,13,15,18,22-23H,5-6,12,14,16H2,1-4H3,(H,30,31);1-4H,(H,13,14)/t18-,22-,23?;/m0./s1. The van der Waals surface area contributed by atoms with Crippen molar-refractivity contribution in [1.82, 2.24) is 9.55 Å². The maximum Gasteiger partial charge on any atom is 0.416 e. The molecule has 0 radical (unpaired) electrons. The van der Waals surface area contributed by atoms with E-state index in [9.17, 15) is 32.3 Å². The second-order valence-corrected chi connectivity index (χ2v) is 12.6. The summed E-state index contributed by atoms with van der Waals surface area (Å²) in [6.45, 7) is 5.34. The number of carboxylic acid groups (broad SMARTS) is 1. The largest absolute Gasteiger partial charge is 0.481 e. The number of halogens is 4. The molecule has 3 aromatic carbocycles. The third-order valence-electron chi connectivity index (χ3n) is 8.35. The number of carbonyl (C=O) groups excluding carboxylic acids is 1. The Morgan fingerprint density at radius 3 is 2.49 bits per heavy atom. The van der Waals surface area contributed by atoms with Crippen molar-refractivity contribution in [2.45, 2.75) is 50.1 Å². The van der Waals surface area contributed by atoms with Crippen LogP contribution in [0.25, 0.3) is 11.0 Å². The van der Waals surface area contributed by atoms with Crippen molar-refractivity contribution < 1.29 is 37.0 Å². The minimum absolute atomic E-state index is 0.0576. The molecule has 0 spiro atoms. The zero-order valence-electron chi connectivity index (χ0n) is 26.6. The summed E-state index contributed by atoms with van der Waals surface area (Å²) in [5.74, 6) is -0.769. The molecular weight excluding hydrogens is 636 g/mol. The Hall–Kier alpha value is -4.10. The van der Waals surface area contributed by atoms with Gasteiger partial charge in [0.25, 0.3) is 0 Å². The normalized spacial score (nSPS) is 17.9. The lowest BCUT2D eigenvalue weighted by Crippen LogP contribution is -2.31. The van der Waals surface area contributed by atoms with E-state index < -0.39 is 23.5 Å². The number of hydrogen-bond acceptors (Lipinski definition) is 6. The van der Waals surface area contributed by atoms with Gasteiger partial charge in [0.2, 0.25) is 6.41 Å². The smallest absolute Gasteiger partial charge is 0.416 e. The average Bonchev–Trinajstić information content (AvgIpc) is 3.32. The van der Waals surface area contributed by atoms with Crippen molar-refractivity contribution in [3.63, 3.8) is 0 Å². The first-order valence-electron chi connectivity index (χ1n) is 15.1. The van der Waals surface area contributed by atoms with Gasteiger partial charge in [0.1, 0.15) is 11.6 Å². The van der Waals surface area contributed by atoms with Crippen LogP contribution in [0.1, 0.15) is 49.1 Å². The van der Waals surface area contributed by atoms with Gasteiger partial charge in [-0.1, -0.05) is 12.1 Å². The average molecular weight is 675 g/mol. The van der Waals surface area contributed by atoms with Crippen molar-refractivity contribution in [1.29, 1.82) is 0 Å². The van der Waals surface area contributed by atoms with Crippen LogP contribution in [-0.4, -0.2) is 47.3 Å². The number of fused-ring (bicyclic) bond motifs is 1. The van der Waals surface area contributed by atoms with E-state index in [1.807, 2.05) is 33.3 Å². The number of benzene rings is 3. The van der Waals surface area contributed by atoms with Gasteiger partial charge in [0, 0.05) is 37.9 Å². The third kappa shape index (κ3) is 9.04. The molecule has 3 atom stereocenters. The maximum absolute atomic E-state index is 12.8. The van der Waals surface area contributed by atoms with Crippen LogP contribution in [0.5, 0.6) is 0 Å². The summed E-state index contributed by atoms with van der Waals surface area (Å²) < 4.78 is 58.7. The van der Waals surface area contributed by atoms with E-state index in [1.165, 1.54) is 0 Å². The number of carboxylic acids is 1. The SMILES string of the molecule is CCOC[C@H]1CC[C@@H](c2ccc(N(C)Sc3ccc4c(c3)nc(C)n4C)cc2)C(C(=O)O)C1.O=CNc1ccc(C(F)(F)F)cc1F. The number of hydrogen-bond donors (Lipinski definition) is 2. The number of nitrogens with one attached hydrogen (secondary N) is 1. The van der Waals surface area contributed by atoms with E-state index >= 15 is 0 Å². The lowest BCUT2D eigenvalue weighted by atomic mass is 9.71. The van der Waals surface area contributed by atoms with Crippen LogP contribution in [0.3, 0.4) is 0 Å². The molecule has 13 heteroatoms.